The van der Waals surface area contributed by atoms with Gasteiger partial charge in [0.25, 0.3) is 0 Å². The van der Waals surface area contributed by atoms with Gasteiger partial charge in [0.05, 0.1) is 4.90 Å². The first-order valence-corrected chi connectivity index (χ1v) is 13.0. The highest BCUT2D eigenvalue weighted by molar-refractivity contribution is 7.89. The Morgan fingerprint density at radius 1 is 0.970 bits per heavy atom. The molecule has 2 aromatic heterocycles. The lowest BCUT2D eigenvalue weighted by molar-refractivity contribution is -0.138. The Morgan fingerprint density at radius 2 is 1.73 bits per heavy atom. The number of rotatable bonds is 4. The number of carbonyl (C=O) groups excluding carboxylic acids is 1. The van der Waals surface area contributed by atoms with Crippen LogP contribution in [0, 0.1) is 12.8 Å². The molecule has 2 saturated heterocycles. The molecule has 0 saturated carbocycles. The quantitative estimate of drug-likeness (QED) is 0.589. The predicted octanol–water partition coefficient (Wildman–Crippen LogP) is 2.84. The molecule has 1 aromatic carbocycles. The van der Waals surface area contributed by atoms with Gasteiger partial charge >= 0.3 is 0 Å². The second-order valence-electron chi connectivity index (χ2n) is 9.10. The Balaban J connectivity index is 1.23. The molecule has 0 radical (unpaired) electrons. The number of carbonyl (C=O) groups is 1. The van der Waals surface area contributed by atoms with Crippen LogP contribution in [0.15, 0.2) is 53.6 Å². The first kappa shape index (κ1) is 22.0. The summed E-state index contributed by atoms with van der Waals surface area (Å²) in [4.78, 5) is 15.6. The third-order valence-corrected chi connectivity index (χ3v) is 8.81. The highest BCUT2D eigenvalue weighted by Gasteiger charge is 2.36. The molecule has 4 heterocycles. The van der Waals surface area contributed by atoms with Gasteiger partial charge in [-0.1, -0.05) is 23.8 Å². The van der Waals surface area contributed by atoms with Gasteiger partial charge in [0.15, 0.2) is 5.65 Å². The van der Waals surface area contributed by atoms with Crippen molar-refractivity contribution in [2.45, 2.75) is 43.4 Å². The third kappa shape index (κ3) is 4.27. The van der Waals surface area contributed by atoms with Crippen LogP contribution in [0.25, 0.3) is 5.65 Å². The molecule has 0 N–H and O–H groups in total. The highest BCUT2D eigenvalue weighted by atomic mass is 32.2. The van der Waals surface area contributed by atoms with E-state index in [2.05, 4.69) is 10.2 Å². The van der Waals surface area contributed by atoms with Crippen molar-refractivity contribution in [2.75, 3.05) is 26.2 Å². The number of sulfonamides is 1. The van der Waals surface area contributed by atoms with E-state index >= 15 is 0 Å². The molecule has 0 spiro atoms. The molecule has 174 valence electrons. The van der Waals surface area contributed by atoms with Crippen LogP contribution >= 0.6 is 0 Å². The van der Waals surface area contributed by atoms with Gasteiger partial charge in [-0.15, -0.1) is 10.2 Å². The predicted molar refractivity (Wildman–Crippen MR) is 124 cm³/mol. The summed E-state index contributed by atoms with van der Waals surface area (Å²) in [7, 11) is -3.52. The van der Waals surface area contributed by atoms with Crippen LogP contribution in [0.5, 0.6) is 0 Å². The molecule has 33 heavy (non-hydrogen) atoms. The molecule has 1 amide bonds. The van der Waals surface area contributed by atoms with Gasteiger partial charge < -0.3 is 4.90 Å². The lowest BCUT2D eigenvalue weighted by atomic mass is 9.92. The largest absolute Gasteiger partial charge is 0.342 e. The standard InChI is InChI=1S/C24H29N5O3S/c1-18-7-9-21(10-8-18)33(31,32)28-15-11-19(12-16-28)24(30)27-13-4-5-20(17-27)23-26-25-22-6-2-3-14-29(22)23/h2-3,6-10,14,19-20H,4-5,11-13,15-17H2,1H3. The average Bonchev–Trinajstić information content (AvgIpc) is 3.28. The summed E-state index contributed by atoms with van der Waals surface area (Å²) >= 11 is 0. The van der Waals surface area contributed by atoms with Crippen LogP contribution in [-0.2, 0) is 14.8 Å². The van der Waals surface area contributed by atoms with Crippen molar-refractivity contribution in [2.24, 2.45) is 5.92 Å². The zero-order valence-corrected chi connectivity index (χ0v) is 19.6. The third-order valence-electron chi connectivity index (χ3n) is 6.90. The average molecular weight is 468 g/mol. The van der Waals surface area contributed by atoms with Crippen LogP contribution in [0.4, 0.5) is 0 Å². The number of pyridine rings is 1. The van der Waals surface area contributed by atoms with Gasteiger partial charge in [0, 0.05) is 44.2 Å². The summed E-state index contributed by atoms with van der Waals surface area (Å²) in [5.41, 5.74) is 1.84. The van der Waals surface area contributed by atoms with Crippen LogP contribution in [0.3, 0.4) is 0 Å². The van der Waals surface area contributed by atoms with Crippen molar-refractivity contribution in [3.63, 3.8) is 0 Å². The molecule has 8 nitrogen and oxygen atoms in total. The van der Waals surface area contributed by atoms with Gasteiger partial charge in [-0.3, -0.25) is 9.20 Å². The maximum atomic E-state index is 13.3. The van der Waals surface area contributed by atoms with Gasteiger partial charge in [-0.2, -0.15) is 4.31 Å². The van der Waals surface area contributed by atoms with E-state index in [0.29, 0.717) is 37.4 Å². The number of hydrogen-bond donors (Lipinski definition) is 0. The van der Waals surface area contributed by atoms with E-state index in [1.54, 1.807) is 12.1 Å². The van der Waals surface area contributed by atoms with E-state index in [4.69, 9.17) is 0 Å². The number of amides is 1. The number of aryl methyl sites for hydroxylation is 1. The molecule has 2 aliphatic rings. The monoisotopic (exact) mass is 467 g/mol. The SMILES string of the molecule is Cc1ccc(S(=O)(=O)N2CCC(C(=O)N3CCCC(c4nnc5ccccn45)C3)CC2)cc1. The van der Waals surface area contributed by atoms with E-state index in [1.807, 2.05) is 52.8 Å². The van der Waals surface area contributed by atoms with Crippen LogP contribution < -0.4 is 0 Å². The number of hydrogen-bond acceptors (Lipinski definition) is 5. The van der Waals surface area contributed by atoms with Crippen LogP contribution in [-0.4, -0.2) is 64.3 Å². The number of piperidine rings is 2. The van der Waals surface area contributed by atoms with E-state index < -0.39 is 10.0 Å². The molecule has 9 heteroatoms. The van der Waals surface area contributed by atoms with E-state index in [1.165, 1.54) is 4.31 Å². The van der Waals surface area contributed by atoms with E-state index in [-0.39, 0.29) is 17.7 Å². The van der Waals surface area contributed by atoms with Gasteiger partial charge in [0.1, 0.15) is 5.82 Å². The second kappa shape index (κ2) is 8.87. The van der Waals surface area contributed by atoms with Crippen molar-refractivity contribution >= 4 is 21.6 Å². The fourth-order valence-corrected chi connectivity index (χ4v) is 6.46. The minimum Gasteiger partial charge on any atom is -0.342 e. The summed E-state index contributed by atoms with van der Waals surface area (Å²) in [6.07, 6.45) is 4.99. The van der Waals surface area contributed by atoms with Crippen molar-refractivity contribution in [3.05, 3.63) is 60.0 Å². The molecule has 5 rings (SSSR count). The molecule has 0 aliphatic carbocycles. The summed E-state index contributed by atoms with van der Waals surface area (Å²) in [6, 6.07) is 12.8. The van der Waals surface area contributed by atoms with Gasteiger partial charge in [-0.25, -0.2) is 8.42 Å². The summed E-state index contributed by atoms with van der Waals surface area (Å²) in [6.45, 7) is 4.06. The molecule has 3 aromatic rings. The van der Waals surface area contributed by atoms with Crippen LogP contribution in [0.1, 0.15) is 43.0 Å². The normalized spacial score (nSPS) is 20.9. The minimum atomic E-state index is -3.52. The molecule has 2 aliphatic heterocycles. The Labute approximate surface area is 194 Å². The van der Waals surface area contributed by atoms with E-state index in [0.717, 1.165) is 36.4 Å². The number of likely N-dealkylation sites (tertiary alicyclic amines) is 1. The molecule has 1 unspecified atom stereocenters. The van der Waals surface area contributed by atoms with Crippen LogP contribution in [0.2, 0.25) is 0 Å². The Morgan fingerprint density at radius 3 is 2.48 bits per heavy atom. The molecule has 0 bridgehead atoms. The fourth-order valence-electron chi connectivity index (χ4n) is 4.99. The molecule has 1 atom stereocenters. The first-order chi connectivity index (χ1) is 15.9. The highest BCUT2D eigenvalue weighted by Crippen LogP contribution is 2.30. The Kier molecular flexibility index (Phi) is 5.92. The van der Waals surface area contributed by atoms with Gasteiger partial charge in [0.2, 0.25) is 15.9 Å². The Bertz CT molecular complexity index is 1250. The maximum absolute atomic E-state index is 13.3. The lowest BCUT2D eigenvalue weighted by Gasteiger charge is -2.37. The molecular formula is C24H29N5O3S. The minimum absolute atomic E-state index is 0.136. The number of nitrogens with zero attached hydrogens (tertiary/aromatic N) is 5. The van der Waals surface area contributed by atoms with E-state index in [9.17, 15) is 13.2 Å². The summed E-state index contributed by atoms with van der Waals surface area (Å²) in [5, 5.41) is 8.66. The fraction of sp³-hybridized carbons (Fsp3) is 0.458. The molecular weight excluding hydrogens is 438 g/mol. The topological polar surface area (TPSA) is 87.9 Å². The molecule has 2 fully saturated rings. The van der Waals surface area contributed by atoms with Crippen molar-refractivity contribution < 1.29 is 13.2 Å². The number of aromatic nitrogens is 3. The lowest BCUT2D eigenvalue weighted by Crippen LogP contribution is -2.47. The summed E-state index contributed by atoms with van der Waals surface area (Å²) < 4.78 is 29.5. The maximum Gasteiger partial charge on any atom is 0.243 e. The smallest absolute Gasteiger partial charge is 0.243 e. The zero-order chi connectivity index (χ0) is 23.0. The second-order valence-corrected chi connectivity index (χ2v) is 11.0. The number of benzene rings is 1. The number of fused-ring (bicyclic) bond motifs is 1. The Hall–Kier alpha value is -2.78. The van der Waals surface area contributed by atoms with Crippen molar-refractivity contribution in [3.8, 4) is 0 Å². The zero-order valence-electron chi connectivity index (χ0n) is 18.8. The van der Waals surface area contributed by atoms with Gasteiger partial charge in [-0.05, 0) is 56.9 Å². The van der Waals surface area contributed by atoms with Crippen molar-refractivity contribution in [1.82, 2.24) is 23.8 Å². The van der Waals surface area contributed by atoms with Crippen molar-refractivity contribution in [1.29, 1.82) is 0 Å². The first-order valence-electron chi connectivity index (χ1n) is 11.6. The summed E-state index contributed by atoms with van der Waals surface area (Å²) in [5.74, 6) is 1.06.